The van der Waals surface area contributed by atoms with E-state index >= 15 is 0 Å². The van der Waals surface area contributed by atoms with Gasteiger partial charge in [-0.2, -0.15) is 0 Å². The maximum Gasteiger partial charge on any atom is 0.185 e. The van der Waals surface area contributed by atoms with Crippen molar-refractivity contribution in [2.24, 2.45) is 16.5 Å². The first-order valence-corrected chi connectivity index (χ1v) is 5.79. The lowest BCUT2D eigenvalue weighted by Gasteiger charge is -2.29. The van der Waals surface area contributed by atoms with Crippen LogP contribution < -0.4 is 16.8 Å². The molecule has 1 rings (SSSR count). The van der Waals surface area contributed by atoms with Gasteiger partial charge in [-0.05, 0) is 26.3 Å². The van der Waals surface area contributed by atoms with Gasteiger partial charge in [-0.25, -0.2) is 0 Å². The Morgan fingerprint density at radius 3 is 2.33 bits per heavy atom. The molecule has 1 aromatic rings. The first-order chi connectivity index (χ1) is 7.91. The molecule has 0 saturated carbocycles. The lowest BCUT2D eigenvalue weighted by atomic mass is 10.0. The van der Waals surface area contributed by atoms with Gasteiger partial charge < -0.3 is 16.8 Å². The molecule has 0 aliphatic heterocycles. The Morgan fingerprint density at radius 1 is 1.28 bits per heavy atom. The van der Waals surface area contributed by atoms with Crippen LogP contribution in [0.4, 0.5) is 0 Å². The van der Waals surface area contributed by atoms with Crippen molar-refractivity contribution in [1.29, 1.82) is 0 Å². The Labute approximate surface area is 126 Å². The predicted molar refractivity (Wildman–Crippen MR) is 88.2 cm³/mol. The van der Waals surface area contributed by atoms with Gasteiger partial charge in [-0.15, -0.1) is 24.0 Å². The molecule has 0 radical (unpaired) electrons. The number of halogens is 1. The minimum atomic E-state index is -0.140. The van der Waals surface area contributed by atoms with Gasteiger partial charge in [0.15, 0.2) is 5.96 Å². The SMILES string of the molecule is CC(NC(C)(C)CN=C(N)N)c1ccccc1.I. The molecule has 0 saturated heterocycles. The fraction of sp³-hybridized carbons (Fsp3) is 0.462. The number of hydrogen-bond donors (Lipinski definition) is 3. The number of nitrogens with two attached hydrogens (primary N) is 2. The number of benzene rings is 1. The smallest absolute Gasteiger partial charge is 0.185 e. The summed E-state index contributed by atoms with van der Waals surface area (Å²) >= 11 is 0. The number of rotatable bonds is 5. The average Bonchev–Trinajstić information content (AvgIpc) is 2.27. The molecular formula is C13H23IN4. The van der Waals surface area contributed by atoms with Crippen molar-refractivity contribution in [2.45, 2.75) is 32.4 Å². The molecule has 4 nitrogen and oxygen atoms in total. The second-order valence-corrected chi connectivity index (χ2v) is 4.90. The monoisotopic (exact) mass is 362 g/mol. The standard InChI is InChI=1S/C13H22N4.HI/c1-10(11-7-5-4-6-8-11)17-13(2,3)9-16-12(14)15;/h4-8,10,17H,9H2,1-3H3,(H4,14,15,16);1H. The van der Waals surface area contributed by atoms with Crippen LogP contribution in [0.25, 0.3) is 0 Å². The van der Waals surface area contributed by atoms with E-state index in [0.717, 1.165) is 0 Å². The van der Waals surface area contributed by atoms with Gasteiger partial charge in [0.1, 0.15) is 0 Å². The van der Waals surface area contributed by atoms with Gasteiger partial charge in [-0.1, -0.05) is 30.3 Å². The first kappa shape index (κ1) is 17.2. The van der Waals surface area contributed by atoms with E-state index in [0.29, 0.717) is 6.54 Å². The normalized spacial score (nSPS) is 12.4. The van der Waals surface area contributed by atoms with Crippen LogP contribution in [0.1, 0.15) is 32.4 Å². The largest absolute Gasteiger partial charge is 0.370 e. The molecule has 1 unspecified atom stereocenters. The Balaban J connectivity index is 0.00000289. The topological polar surface area (TPSA) is 76.4 Å². The predicted octanol–water partition coefficient (Wildman–Crippen LogP) is 2.01. The molecule has 1 aromatic carbocycles. The minimum Gasteiger partial charge on any atom is -0.370 e. The molecule has 0 aliphatic carbocycles. The van der Waals surface area contributed by atoms with Crippen LogP contribution in [0.3, 0.4) is 0 Å². The second kappa shape index (κ2) is 7.58. The van der Waals surface area contributed by atoms with Crippen LogP contribution in [-0.2, 0) is 0 Å². The average molecular weight is 362 g/mol. The summed E-state index contributed by atoms with van der Waals surface area (Å²) < 4.78 is 0. The van der Waals surface area contributed by atoms with E-state index in [1.165, 1.54) is 5.56 Å². The minimum absolute atomic E-state index is 0. The van der Waals surface area contributed by atoms with E-state index in [2.05, 4.69) is 43.2 Å². The number of hydrogen-bond acceptors (Lipinski definition) is 2. The molecule has 0 spiro atoms. The van der Waals surface area contributed by atoms with Gasteiger partial charge in [0.2, 0.25) is 0 Å². The molecule has 0 aliphatic rings. The molecular weight excluding hydrogens is 339 g/mol. The van der Waals surface area contributed by atoms with Crippen LogP contribution in [0.15, 0.2) is 35.3 Å². The van der Waals surface area contributed by atoms with E-state index in [-0.39, 0.29) is 41.5 Å². The summed E-state index contributed by atoms with van der Waals surface area (Å²) in [6.07, 6.45) is 0. The molecule has 18 heavy (non-hydrogen) atoms. The Hall–Kier alpha value is -0.820. The van der Waals surface area contributed by atoms with Crippen LogP contribution in [0, 0.1) is 0 Å². The van der Waals surface area contributed by atoms with E-state index in [9.17, 15) is 0 Å². The van der Waals surface area contributed by atoms with Crippen molar-refractivity contribution in [1.82, 2.24) is 5.32 Å². The molecule has 0 aromatic heterocycles. The fourth-order valence-electron chi connectivity index (χ4n) is 1.75. The van der Waals surface area contributed by atoms with E-state index < -0.39 is 0 Å². The maximum atomic E-state index is 5.34. The van der Waals surface area contributed by atoms with Gasteiger partial charge in [-0.3, -0.25) is 4.99 Å². The van der Waals surface area contributed by atoms with Crippen molar-refractivity contribution in [2.75, 3.05) is 6.54 Å². The third-order valence-corrected chi connectivity index (χ3v) is 2.56. The van der Waals surface area contributed by atoms with Crippen molar-refractivity contribution >= 4 is 29.9 Å². The van der Waals surface area contributed by atoms with Gasteiger partial charge in [0, 0.05) is 11.6 Å². The van der Waals surface area contributed by atoms with Crippen LogP contribution in [0.2, 0.25) is 0 Å². The number of aliphatic imine (C=N–C) groups is 1. The Morgan fingerprint density at radius 2 is 1.83 bits per heavy atom. The number of nitrogens with zero attached hydrogens (tertiary/aromatic N) is 1. The van der Waals surface area contributed by atoms with Crippen LogP contribution in [-0.4, -0.2) is 18.0 Å². The maximum absolute atomic E-state index is 5.34. The summed E-state index contributed by atoms with van der Waals surface area (Å²) in [7, 11) is 0. The highest BCUT2D eigenvalue weighted by atomic mass is 127. The third kappa shape index (κ3) is 6.20. The highest BCUT2D eigenvalue weighted by molar-refractivity contribution is 14.0. The Kier molecular flexibility index (Phi) is 7.23. The zero-order chi connectivity index (χ0) is 12.9. The highest BCUT2D eigenvalue weighted by Gasteiger charge is 2.20. The third-order valence-electron chi connectivity index (χ3n) is 2.56. The molecule has 102 valence electrons. The van der Waals surface area contributed by atoms with Crippen molar-refractivity contribution in [3.8, 4) is 0 Å². The van der Waals surface area contributed by atoms with Crippen molar-refractivity contribution in [3.63, 3.8) is 0 Å². The molecule has 0 amide bonds. The fourth-order valence-corrected chi connectivity index (χ4v) is 1.75. The second-order valence-electron chi connectivity index (χ2n) is 4.90. The van der Waals surface area contributed by atoms with E-state index in [1.807, 2.05) is 18.2 Å². The van der Waals surface area contributed by atoms with E-state index in [4.69, 9.17) is 11.5 Å². The molecule has 1 atom stereocenters. The molecule has 0 fully saturated rings. The summed E-state index contributed by atoms with van der Waals surface area (Å²) in [6, 6.07) is 10.6. The number of guanidine groups is 1. The van der Waals surface area contributed by atoms with Gasteiger partial charge in [0.25, 0.3) is 0 Å². The molecule has 5 N–H and O–H groups in total. The zero-order valence-corrected chi connectivity index (χ0v) is 13.5. The Bertz CT molecular complexity index is 372. The van der Waals surface area contributed by atoms with Gasteiger partial charge >= 0.3 is 0 Å². The van der Waals surface area contributed by atoms with Crippen molar-refractivity contribution in [3.05, 3.63) is 35.9 Å². The summed E-state index contributed by atoms with van der Waals surface area (Å²) in [5.41, 5.74) is 11.8. The lowest BCUT2D eigenvalue weighted by Crippen LogP contribution is -2.44. The lowest BCUT2D eigenvalue weighted by molar-refractivity contribution is 0.357. The zero-order valence-electron chi connectivity index (χ0n) is 11.2. The first-order valence-electron chi connectivity index (χ1n) is 5.79. The highest BCUT2D eigenvalue weighted by Crippen LogP contribution is 2.16. The summed E-state index contributed by atoms with van der Waals surface area (Å²) in [6.45, 7) is 6.86. The van der Waals surface area contributed by atoms with Crippen LogP contribution >= 0.6 is 24.0 Å². The summed E-state index contributed by atoms with van der Waals surface area (Å²) in [5.74, 6) is 0.132. The summed E-state index contributed by atoms with van der Waals surface area (Å²) in [5, 5.41) is 3.51. The molecule has 5 heteroatoms. The molecule has 0 heterocycles. The van der Waals surface area contributed by atoms with Crippen molar-refractivity contribution < 1.29 is 0 Å². The molecule has 0 bridgehead atoms. The van der Waals surface area contributed by atoms with E-state index in [1.54, 1.807) is 0 Å². The van der Waals surface area contributed by atoms with Gasteiger partial charge in [0.05, 0.1) is 6.54 Å². The quantitative estimate of drug-likeness (QED) is 0.426. The van der Waals surface area contributed by atoms with Crippen LogP contribution in [0.5, 0.6) is 0 Å². The number of nitrogens with one attached hydrogen (secondary N) is 1. The summed E-state index contributed by atoms with van der Waals surface area (Å²) in [4.78, 5) is 4.05.